The maximum atomic E-state index is 12.7. The van der Waals surface area contributed by atoms with E-state index in [1.54, 1.807) is 6.07 Å². The number of fused-ring (bicyclic) bond motifs is 1. The highest BCUT2D eigenvalue weighted by molar-refractivity contribution is 5.93. The summed E-state index contributed by atoms with van der Waals surface area (Å²) in [5.41, 5.74) is 8.10. The number of carbonyl (C=O) groups excluding carboxylic acids is 1. The van der Waals surface area contributed by atoms with Crippen molar-refractivity contribution >= 4 is 5.91 Å². The molecule has 1 atom stereocenters. The molecule has 1 aliphatic rings. The monoisotopic (exact) mass is 363 g/mol. The number of amides is 1. The molecule has 2 heterocycles. The molecule has 140 valence electrons. The molecule has 4 rings (SSSR count). The van der Waals surface area contributed by atoms with Crippen molar-refractivity contribution in [2.24, 2.45) is 7.05 Å². The van der Waals surface area contributed by atoms with Crippen molar-refractivity contribution in [1.29, 1.82) is 0 Å². The van der Waals surface area contributed by atoms with Gasteiger partial charge in [-0.05, 0) is 62.8 Å². The van der Waals surface area contributed by atoms with Crippen LogP contribution in [0.15, 0.2) is 24.3 Å². The van der Waals surface area contributed by atoms with Gasteiger partial charge in [-0.1, -0.05) is 18.2 Å². The fourth-order valence-corrected chi connectivity index (χ4v) is 3.93. The Hall–Kier alpha value is -2.89. The van der Waals surface area contributed by atoms with Gasteiger partial charge in [-0.15, -0.1) is 0 Å². The van der Waals surface area contributed by atoms with Crippen molar-refractivity contribution in [2.45, 2.75) is 46.1 Å². The van der Waals surface area contributed by atoms with Crippen LogP contribution in [0.4, 0.5) is 0 Å². The summed E-state index contributed by atoms with van der Waals surface area (Å²) in [6, 6.07) is 8.28. The maximum Gasteiger partial charge on any atom is 0.269 e. The molecule has 1 amide bonds. The van der Waals surface area contributed by atoms with E-state index < -0.39 is 0 Å². The van der Waals surface area contributed by atoms with Gasteiger partial charge in [0.25, 0.3) is 5.91 Å². The highest BCUT2D eigenvalue weighted by atomic mass is 16.2. The van der Waals surface area contributed by atoms with Crippen molar-refractivity contribution in [1.82, 2.24) is 25.3 Å². The maximum absolute atomic E-state index is 12.7. The summed E-state index contributed by atoms with van der Waals surface area (Å²) in [6.07, 6.45) is 3.53. The van der Waals surface area contributed by atoms with Gasteiger partial charge in [-0.25, -0.2) is 0 Å². The third-order valence-electron chi connectivity index (χ3n) is 5.56. The van der Waals surface area contributed by atoms with Crippen LogP contribution in [0.3, 0.4) is 0 Å². The molecule has 0 saturated carbocycles. The molecule has 0 saturated heterocycles. The first-order valence-electron chi connectivity index (χ1n) is 9.42. The standard InChI is InChI=1S/C21H25N5O/c1-12(16-9-8-15-6-5-7-17(15)10-16)22-21(27)19-11-18(23-24-19)20-13(2)25-26(4)14(20)3/h8-12H,5-7H2,1-4H3,(H,22,27)(H,23,24)/t12-/m0/s1. The minimum Gasteiger partial charge on any atom is -0.344 e. The van der Waals surface area contributed by atoms with Crippen LogP contribution >= 0.6 is 0 Å². The summed E-state index contributed by atoms with van der Waals surface area (Å²) in [7, 11) is 1.91. The van der Waals surface area contributed by atoms with E-state index in [1.165, 1.54) is 24.0 Å². The minimum absolute atomic E-state index is 0.0583. The Bertz CT molecular complexity index is 1010. The third-order valence-corrected chi connectivity index (χ3v) is 5.56. The Morgan fingerprint density at radius 2 is 2.00 bits per heavy atom. The second kappa shape index (κ2) is 6.68. The molecule has 2 N–H and O–H groups in total. The van der Waals surface area contributed by atoms with Crippen LogP contribution < -0.4 is 5.32 Å². The van der Waals surface area contributed by atoms with Gasteiger partial charge >= 0.3 is 0 Å². The number of benzene rings is 1. The molecule has 27 heavy (non-hydrogen) atoms. The molecule has 0 unspecified atom stereocenters. The van der Waals surface area contributed by atoms with Gasteiger partial charge in [0.15, 0.2) is 0 Å². The van der Waals surface area contributed by atoms with Gasteiger partial charge in [-0.3, -0.25) is 14.6 Å². The number of nitrogens with one attached hydrogen (secondary N) is 2. The van der Waals surface area contributed by atoms with Gasteiger partial charge in [-0.2, -0.15) is 10.2 Å². The smallest absolute Gasteiger partial charge is 0.269 e. The van der Waals surface area contributed by atoms with Gasteiger partial charge in [0.2, 0.25) is 0 Å². The van der Waals surface area contributed by atoms with E-state index in [9.17, 15) is 4.79 Å². The summed E-state index contributed by atoms with van der Waals surface area (Å²) < 4.78 is 1.83. The van der Waals surface area contributed by atoms with Gasteiger partial charge in [0.1, 0.15) is 5.69 Å². The molecule has 6 nitrogen and oxygen atoms in total. The first kappa shape index (κ1) is 17.5. The van der Waals surface area contributed by atoms with E-state index in [2.05, 4.69) is 38.8 Å². The van der Waals surface area contributed by atoms with E-state index >= 15 is 0 Å². The Morgan fingerprint density at radius 3 is 2.74 bits per heavy atom. The zero-order valence-electron chi connectivity index (χ0n) is 16.3. The molecule has 3 aromatic rings. The summed E-state index contributed by atoms with van der Waals surface area (Å²) in [5.74, 6) is -0.152. The zero-order chi connectivity index (χ0) is 19.1. The lowest BCUT2D eigenvalue weighted by Crippen LogP contribution is -2.27. The molecule has 2 aromatic heterocycles. The SMILES string of the molecule is Cc1nn(C)c(C)c1-c1cc(C(=O)N[C@@H](C)c2ccc3c(c2)CCC3)[nH]n1. The van der Waals surface area contributed by atoms with Crippen molar-refractivity contribution < 1.29 is 4.79 Å². The second-order valence-electron chi connectivity index (χ2n) is 7.41. The number of H-pyrrole nitrogens is 1. The number of rotatable bonds is 4. The van der Waals surface area contributed by atoms with Gasteiger partial charge < -0.3 is 5.32 Å². The fraction of sp³-hybridized carbons (Fsp3) is 0.381. The van der Waals surface area contributed by atoms with Crippen LogP contribution in [-0.4, -0.2) is 25.9 Å². The molecular weight excluding hydrogens is 338 g/mol. The molecular formula is C21H25N5O. The fourth-order valence-electron chi connectivity index (χ4n) is 3.93. The second-order valence-corrected chi connectivity index (χ2v) is 7.41. The van der Waals surface area contributed by atoms with E-state index in [4.69, 9.17) is 0 Å². The Kier molecular flexibility index (Phi) is 4.34. The average molecular weight is 363 g/mol. The lowest BCUT2D eigenvalue weighted by Gasteiger charge is -2.15. The Morgan fingerprint density at radius 1 is 1.22 bits per heavy atom. The molecule has 0 bridgehead atoms. The first-order chi connectivity index (χ1) is 12.9. The van der Waals surface area contributed by atoms with Crippen LogP contribution in [0.25, 0.3) is 11.3 Å². The van der Waals surface area contributed by atoms with E-state index in [1.807, 2.05) is 32.5 Å². The first-order valence-corrected chi connectivity index (χ1v) is 9.42. The number of aromatic amines is 1. The number of hydrogen-bond acceptors (Lipinski definition) is 3. The zero-order valence-corrected chi connectivity index (χ0v) is 16.3. The molecule has 1 aliphatic carbocycles. The van der Waals surface area contributed by atoms with E-state index in [0.717, 1.165) is 34.6 Å². The number of aryl methyl sites for hydroxylation is 4. The van der Waals surface area contributed by atoms with Crippen LogP contribution in [-0.2, 0) is 19.9 Å². The van der Waals surface area contributed by atoms with Crippen molar-refractivity contribution in [3.63, 3.8) is 0 Å². The molecule has 0 aliphatic heterocycles. The summed E-state index contributed by atoms with van der Waals surface area (Å²) >= 11 is 0. The predicted octanol–water partition coefficient (Wildman–Crippen LogP) is 3.41. The third kappa shape index (κ3) is 3.16. The van der Waals surface area contributed by atoms with Crippen LogP contribution in [0.5, 0.6) is 0 Å². The lowest BCUT2D eigenvalue weighted by atomic mass is 10.0. The Labute approximate surface area is 159 Å². The summed E-state index contributed by atoms with van der Waals surface area (Å²) in [4.78, 5) is 12.7. The molecule has 1 aromatic carbocycles. The van der Waals surface area contributed by atoms with Crippen LogP contribution in [0, 0.1) is 13.8 Å². The number of hydrogen-bond donors (Lipinski definition) is 2. The van der Waals surface area contributed by atoms with Crippen LogP contribution in [0.2, 0.25) is 0 Å². The number of nitrogens with zero attached hydrogens (tertiary/aromatic N) is 3. The van der Waals surface area contributed by atoms with Crippen molar-refractivity contribution in [3.8, 4) is 11.3 Å². The summed E-state index contributed by atoms with van der Waals surface area (Å²) in [5, 5.41) is 14.7. The molecule has 0 spiro atoms. The summed E-state index contributed by atoms with van der Waals surface area (Å²) in [6.45, 7) is 5.97. The molecule has 0 fully saturated rings. The Balaban J connectivity index is 1.51. The largest absolute Gasteiger partial charge is 0.344 e. The molecule has 0 radical (unpaired) electrons. The van der Waals surface area contributed by atoms with Crippen LogP contribution in [0.1, 0.15) is 58.0 Å². The van der Waals surface area contributed by atoms with Gasteiger partial charge in [0, 0.05) is 18.3 Å². The highest BCUT2D eigenvalue weighted by Crippen LogP contribution is 2.27. The minimum atomic E-state index is -0.152. The normalized spacial score (nSPS) is 14.2. The average Bonchev–Trinajstić information content (AvgIpc) is 3.34. The topological polar surface area (TPSA) is 75.6 Å². The van der Waals surface area contributed by atoms with Crippen molar-refractivity contribution in [3.05, 3.63) is 58.0 Å². The number of aromatic nitrogens is 4. The van der Waals surface area contributed by atoms with E-state index in [-0.39, 0.29) is 11.9 Å². The lowest BCUT2D eigenvalue weighted by molar-refractivity contribution is 0.0935. The molecule has 6 heteroatoms. The quantitative estimate of drug-likeness (QED) is 0.746. The van der Waals surface area contributed by atoms with E-state index in [0.29, 0.717) is 5.69 Å². The highest BCUT2D eigenvalue weighted by Gasteiger charge is 2.19. The number of carbonyl (C=O) groups is 1. The predicted molar refractivity (Wildman–Crippen MR) is 105 cm³/mol. The van der Waals surface area contributed by atoms with Crippen molar-refractivity contribution in [2.75, 3.05) is 0 Å². The van der Waals surface area contributed by atoms with Gasteiger partial charge in [0.05, 0.1) is 17.4 Å².